The van der Waals surface area contributed by atoms with Crippen molar-refractivity contribution in [1.29, 1.82) is 0 Å². The number of rotatable bonds is 5. The van der Waals surface area contributed by atoms with E-state index in [0.29, 0.717) is 59.3 Å². The van der Waals surface area contributed by atoms with Crippen molar-refractivity contribution in [2.45, 2.75) is 58.3 Å². The molecule has 2 aromatic carbocycles. The zero-order valence-electron chi connectivity index (χ0n) is 23.2. The summed E-state index contributed by atoms with van der Waals surface area (Å²) in [6, 6.07) is 10.6. The minimum Gasteiger partial charge on any atom is -0.496 e. The number of halogens is 1. The predicted octanol–water partition coefficient (Wildman–Crippen LogP) is 4.69. The van der Waals surface area contributed by atoms with Crippen molar-refractivity contribution in [1.82, 2.24) is 4.90 Å². The number of carbonyl (C=O) groups is 3. The van der Waals surface area contributed by atoms with E-state index in [1.807, 2.05) is 45.0 Å². The molecule has 3 atom stereocenters. The van der Waals surface area contributed by atoms with Gasteiger partial charge in [0, 0.05) is 35.3 Å². The van der Waals surface area contributed by atoms with Crippen LogP contribution in [0, 0.1) is 11.3 Å². The molecular formula is C30H35ClN2O7. The lowest BCUT2D eigenvalue weighted by atomic mass is 9.84. The van der Waals surface area contributed by atoms with E-state index >= 15 is 0 Å². The molecule has 2 aromatic rings. The molecule has 3 heterocycles. The third kappa shape index (κ3) is 5.24. The van der Waals surface area contributed by atoms with E-state index in [0.717, 1.165) is 0 Å². The van der Waals surface area contributed by atoms with Crippen molar-refractivity contribution in [3.63, 3.8) is 0 Å². The zero-order chi connectivity index (χ0) is 28.8. The molecule has 1 fully saturated rings. The summed E-state index contributed by atoms with van der Waals surface area (Å²) in [7, 11) is 1.57. The largest absolute Gasteiger partial charge is 0.496 e. The average Bonchev–Trinajstić information content (AvgIpc) is 3.03. The molecule has 0 spiro atoms. The third-order valence-electron chi connectivity index (χ3n) is 8.09. The highest BCUT2D eigenvalue weighted by atomic mass is 35.5. The fourth-order valence-electron chi connectivity index (χ4n) is 5.84. The summed E-state index contributed by atoms with van der Waals surface area (Å²) < 4.78 is 18.5. The molecule has 0 aliphatic carbocycles. The van der Waals surface area contributed by atoms with Crippen molar-refractivity contribution in [3.05, 3.63) is 52.5 Å². The number of piperidine rings is 1. The van der Waals surface area contributed by atoms with Crippen LogP contribution in [-0.4, -0.2) is 66.7 Å². The summed E-state index contributed by atoms with van der Waals surface area (Å²) in [5.41, 5.74) is 1.60. The van der Waals surface area contributed by atoms with E-state index in [1.165, 1.54) is 0 Å². The number of anilines is 1. The number of benzene rings is 2. The van der Waals surface area contributed by atoms with Crippen LogP contribution >= 0.6 is 11.6 Å². The number of carbonyl (C=O) groups excluding carboxylic acids is 2. The fourth-order valence-corrected chi connectivity index (χ4v) is 6.05. The minimum absolute atomic E-state index is 0.173. The Balaban J connectivity index is 1.58. The van der Waals surface area contributed by atoms with E-state index in [2.05, 4.69) is 0 Å². The van der Waals surface area contributed by atoms with Gasteiger partial charge in [-0.15, -0.1) is 0 Å². The van der Waals surface area contributed by atoms with Crippen molar-refractivity contribution in [2.24, 2.45) is 11.3 Å². The van der Waals surface area contributed by atoms with Gasteiger partial charge in [-0.05, 0) is 30.4 Å². The lowest BCUT2D eigenvalue weighted by Crippen LogP contribution is -2.56. The number of ether oxygens (including phenoxy) is 3. The summed E-state index contributed by atoms with van der Waals surface area (Å²) in [6.07, 6.45) is -1.27. The molecule has 3 aliphatic rings. The van der Waals surface area contributed by atoms with E-state index in [9.17, 15) is 19.5 Å². The molecule has 0 bridgehead atoms. The third-order valence-corrected chi connectivity index (χ3v) is 8.31. The number of nitrogens with zero attached hydrogens (tertiary/aromatic N) is 2. The van der Waals surface area contributed by atoms with Gasteiger partial charge in [0.25, 0.3) is 5.91 Å². The number of hydrogen-bond acceptors (Lipinski definition) is 6. The second kappa shape index (κ2) is 10.9. The van der Waals surface area contributed by atoms with Crippen molar-refractivity contribution < 1.29 is 33.7 Å². The SMILES string of the molecule is COc1ccccc1[C@H]1O[C@H](CC(=O)N2CCC(C(=O)O)CC2)C(=O)N2c3c(cc(Cl)cc31)OC[C@@H]2C(C)(C)C. The molecule has 0 unspecified atom stereocenters. The molecule has 0 saturated carbocycles. The summed E-state index contributed by atoms with van der Waals surface area (Å²) in [5, 5.41) is 9.79. The van der Waals surface area contributed by atoms with Crippen LogP contribution in [-0.2, 0) is 19.1 Å². The molecule has 1 N–H and O–H groups in total. The normalized spacial score (nSPS) is 23.2. The Labute approximate surface area is 238 Å². The Hall–Kier alpha value is -3.30. The Morgan fingerprint density at radius 1 is 1.12 bits per heavy atom. The van der Waals surface area contributed by atoms with Gasteiger partial charge in [-0.2, -0.15) is 0 Å². The maximum absolute atomic E-state index is 14.4. The number of methoxy groups -OCH3 is 1. The fraction of sp³-hybridized carbons (Fsp3) is 0.500. The second-order valence-electron chi connectivity index (χ2n) is 11.7. The van der Waals surface area contributed by atoms with Crippen LogP contribution in [0.25, 0.3) is 0 Å². The smallest absolute Gasteiger partial charge is 0.306 e. The van der Waals surface area contributed by atoms with E-state index in [4.69, 9.17) is 25.8 Å². The van der Waals surface area contributed by atoms with Gasteiger partial charge in [0.05, 0.1) is 31.2 Å². The Kier molecular flexibility index (Phi) is 7.72. The lowest BCUT2D eigenvalue weighted by molar-refractivity contribution is -0.148. The number of para-hydroxylation sites is 1. The first kappa shape index (κ1) is 28.2. The molecule has 5 rings (SSSR count). The van der Waals surface area contributed by atoms with E-state index < -0.39 is 24.1 Å². The molecule has 9 nitrogen and oxygen atoms in total. The van der Waals surface area contributed by atoms with Gasteiger partial charge in [0.2, 0.25) is 5.91 Å². The number of amides is 2. The lowest BCUT2D eigenvalue weighted by Gasteiger charge is -2.44. The topological polar surface area (TPSA) is 106 Å². The highest BCUT2D eigenvalue weighted by Crippen LogP contribution is 2.50. The van der Waals surface area contributed by atoms with Gasteiger partial charge in [-0.3, -0.25) is 19.3 Å². The van der Waals surface area contributed by atoms with E-state index in [-0.39, 0.29) is 36.3 Å². The number of hydrogen-bond donors (Lipinski definition) is 1. The first-order chi connectivity index (χ1) is 19.0. The summed E-state index contributed by atoms with van der Waals surface area (Å²) >= 11 is 6.56. The van der Waals surface area contributed by atoms with Gasteiger partial charge < -0.3 is 24.2 Å². The Bertz CT molecular complexity index is 1320. The minimum atomic E-state index is -1.10. The number of carboxylic acid groups (broad SMARTS) is 1. The monoisotopic (exact) mass is 570 g/mol. The van der Waals surface area contributed by atoms with Crippen LogP contribution in [0.1, 0.15) is 57.3 Å². The van der Waals surface area contributed by atoms with Crippen LogP contribution in [0.3, 0.4) is 0 Å². The maximum atomic E-state index is 14.4. The van der Waals surface area contributed by atoms with Gasteiger partial charge in [-0.25, -0.2) is 0 Å². The summed E-state index contributed by atoms with van der Waals surface area (Å²) in [4.78, 5) is 42.7. The maximum Gasteiger partial charge on any atom is 0.306 e. The summed E-state index contributed by atoms with van der Waals surface area (Å²) in [5.74, 6) is -0.810. The highest BCUT2D eigenvalue weighted by molar-refractivity contribution is 6.31. The van der Waals surface area contributed by atoms with Crippen LogP contribution in [0.4, 0.5) is 5.69 Å². The molecule has 0 radical (unpaired) electrons. The van der Waals surface area contributed by atoms with Gasteiger partial charge in [0.1, 0.15) is 30.3 Å². The molecule has 1 saturated heterocycles. The quantitative estimate of drug-likeness (QED) is 0.556. The first-order valence-electron chi connectivity index (χ1n) is 13.6. The zero-order valence-corrected chi connectivity index (χ0v) is 23.9. The van der Waals surface area contributed by atoms with Gasteiger partial charge in [0.15, 0.2) is 0 Å². The molecule has 40 heavy (non-hydrogen) atoms. The van der Waals surface area contributed by atoms with Gasteiger partial charge in [-0.1, -0.05) is 50.6 Å². The number of carboxylic acids is 1. The molecule has 3 aliphatic heterocycles. The first-order valence-corrected chi connectivity index (χ1v) is 14.0. The second-order valence-corrected chi connectivity index (χ2v) is 12.1. The van der Waals surface area contributed by atoms with E-state index in [1.54, 1.807) is 29.0 Å². The summed E-state index contributed by atoms with van der Waals surface area (Å²) in [6.45, 7) is 7.07. The Morgan fingerprint density at radius 3 is 2.48 bits per heavy atom. The number of likely N-dealkylation sites (tertiary alicyclic amines) is 1. The molecule has 0 aromatic heterocycles. The molecule has 10 heteroatoms. The van der Waals surface area contributed by atoms with Crippen molar-refractivity contribution in [2.75, 3.05) is 31.7 Å². The van der Waals surface area contributed by atoms with Crippen LogP contribution in [0.5, 0.6) is 11.5 Å². The average molecular weight is 571 g/mol. The van der Waals surface area contributed by atoms with Crippen molar-refractivity contribution >= 4 is 35.1 Å². The highest BCUT2D eigenvalue weighted by Gasteiger charge is 2.48. The molecular weight excluding hydrogens is 536 g/mol. The standard InChI is InChI=1S/C30H35ClN2O7/c1-30(2,3)24-16-39-22-14-18(31)13-20-26(22)33(24)28(35)23(40-27(20)19-7-5-6-8-21(19)38-4)15-25(34)32-11-9-17(10-12-32)29(36)37/h5-8,13-14,17,23-24,27H,9-12,15-16H2,1-4H3,(H,36,37)/t23-,24-,27-/m1/s1. The number of aliphatic carboxylic acids is 1. The van der Waals surface area contributed by atoms with Crippen molar-refractivity contribution in [3.8, 4) is 11.5 Å². The molecule has 2 amide bonds. The van der Waals surface area contributed by atoms with Crippen LogP contribution in [0.2, 0.25) is 5.02 Å². The van der Waals surface area contributed by atoms with Gasteiger partial charge >= 0.3 is 5.97 Å². The molecule has 214 valence electrons. The van der Waals surface area contributed by atoms with Crippen LogP contribution in [0.15, 0.2) is 36.4 Å². The Morgan fingerprint density at radius 2 is 1.82 bits per heavy atom. The predicted molar refractivity (Wildman–Crippen MR) is 149 cm³/mol. The van der Waals surface area contributed by atoms with Crippen LogP contribution < -0.4 is 14.4 Å².